The van der Waals surface area contributed by atoms with Crippen LogP contribution < -0.4 is 16.0 Å². The number of hydrogen-bond acceptors (Lipinski definition) is 6. The maximum absolute atomic E-state index is 12.8. The van der Waals surface area contributed by atoms with E-state index in [-0.39, 0.29) is 29.9 Å². The van der Waals surface area contributed by atoms with Crippen LogP contribution in [-0.2, 0) is 16.1 Å². The van der Waals surface area contributed by atoms with Gasteiger partial charge >= 0.3 is 0 Å². The molecule has 1 aromatic carbocycles. The summed E-state index contributed by atoms with van der Waals surface area (Å²) in [5, 5.41) is 2.98. The minimum atomic E-state index is -0.198. The van der Waals surface area contributed by atoms with Crippen LogP contribution in [0.3, 0.4) is 0 Å². The highest BCUT2D eigenvalue weighted by atomic mass is 16.5. The molecule has 3 N–H and O–H groups in total. The highest BCUT2D eigenvalue weighted by molar-refractivity contribution is 6.04. The number of benzene rings is 1. The van der Waals surface area contributed by atoms with Crippen molar-refractivity contribution in [2.24, 2.45) is 11.7 Å². The summed E-state index contributed by atoms with van der Waals surface area (Å²) in [5.41, 5.74) is 7.82. The fourth-order valence-corrected chi connectivity index (χ4v) is 4.66. The fraction of sp³-hybridized carbons (Fsp3) is 0.480. The third-order valence-electron chi connectivity index (χ3n) is 6.33. The summed E-state index contributed by atoms with van der Waals surface area (Å²) in [6, 6.07) is 11.6. The molecule has 2 atom stereocenters. The second-order valence-electron chi connectivity index (χ2n) is 9.17. The molecule has 0 saturated carbocycles. The summed E-state index contributed by atoms with van der Waals surface area (Å²) >= 11 is 0. The lowest BCUT2D eigenvalue weighted by atomic mass is 9.96. The molecule has 0 aliphatic carbocycles. The van der Waals surface area contributed by atoms with Gasteiger partial charge in [-0.3, -0.25) is 14.5 Å². The van der Waals surface area contributed by atoms with Crippen LogP contribution in [0.1, 0.15) is 42.6 Å². The Bertz CT molecular complexity index is 962. The topological polar surface area (TPSA) is 101 Å². The third-order valence-corrected chi connectivity index (χ3v) is 6.33. The first-order valence-electron chi connectivity index (χ1n) is 11.7. The van der Waals surface area contributed by atoms with Crippen molar-refractivity contribution in [2.45, 2.75) is 45.4 Å². The number of nitrogens with one attached hydrogen (secondary N) is 1. The number of likely N-dealkylation sites (tertiary alicyclic amines) is 1. The molecule has 8 nitrogen and oxygen atoms in total. The monoisotopic (exact) mass is 451 g/mol. The summed E-state index contributed by atoms with van der Waals surface area (Å²) in [6.45, 7) is 8.17. The number of carbonyl (C=O) groups excluding carboxylic acids is 2. The lowest BCUT2D eigenvalue weighted by Crippen LogP contribution is -2.45. The minimum Gasteiger partial charge on any atom is -0.372 e. The van der Waals surface area contributed by atoms with Gasteiger partial charge in [-0.1, -0.05) is 12.1 Å². The molecule has 2 saturated heterocycles. The summed E-state index contributed by atoms with van der Waals surface area (Å²) in [7, 11) is 0. The summed E-state index contributed by atoms with van der Waals surface area (Å²) in [6.07, 6.45) is 3.54. The molecule has 8 heteroatoms. The van der Waals surface area contributed by atoms with Crippen LogP contribution in [0.4, 0.5) is 11.5 Å². The van der Waals surface area contributed by atoms with E-state index in [0.29, 0.717) is 5.56 Å². The summed E-state index contributed by atoms with van der Waals surface area (Å²) in [5.74, 6) is 0.464. The van der Waals surface area contributed by atoms with E-state index >= 15 is 0 Å². The Morgan fingerprint density at radius 3 is 2.48 bits per heavy atom. The second-order valence-corrected chi connectivity index (χ2v) is 9.17. The van der Waals surface area contributed by atoms with E-state index in [4.69, 9.17) is 10.5 Å². The van der Waals surface area contributed by atoms with Crippen LogP contribution in [0.25, 0.3) is 0 Å². The molecule has 2 aliphatic heterocycles. The quantitative estimate of drug-likeness (QED) is 0.700. The number of nitrogens with two attached hydrogens (primary N) is 1. The van der Waals surface area contributed by atoms with Crippen LogP contribution >= 0.6 is 0 Å². The Hall–Kier alpha value is -2.97. The number of ether oxygens (including phenoxy) is 1. The van der Waals surface area contributed by atoms with E-state index in [0.717, 1.165) is 62.6 Å². The zero-order chi connectivity index (χ0) is 23.4. The van der Waals surface area contributed by atoms with E-state index in [1.165, 1.54) is 0 Å². The predicted molar refractivity (Wildman–Crippen MR) is 128 cm³/mol. The van der Waals surface area contributed by atoms with Crippen LogP contribution in [-0.4, -0.2) is 60.1 Å². The SMILES string of the molecule is C[C@@H]1CN(c2ccc(C(=O)Nc3cccc(CN4CCC(C(N)=O)CC4)c3)cn2)C[C@H](C)O1. The largest absolute Gasteiger partial charge is 0.372 e. The van der Waals surface area contributed by atoms with Gasteiger partial charge < -0.3 is 20.7 Å². The van der Waals surface area contributed by atoms with Crippen molar-refractivity contribution in [1.82, 2.24) is 9.88 Å². The fourth-order valence-electron chi connectivity index (χ4n) is 4.66. The second kappa shape index (κ2) is 10.3. The van der Waals surface area contributed by atoms with Crippen molar-refractivity contribution in [1.29, 1.82) is 0 Å². The molecule has 2 aromatic rings. The van der Waals surface area contributed by atoms with E-state index in [1.54, 1.807) is 6.20 Å². The van der Waals surface area contributed by atoms with Gasteiger partial charge in [0.2, 0.25) is 5.91 Å². The van der Waals surface area contributed by atoms with Crippen LogP contribution in [0.5, 0.6) is 0 Å². The van der Waals surface area contributed by atoms with Gasteiger partial charge in [0.1, 0.15) is 5.82 Å². The Balaban J connectivity index is 1.33. The minimum absolute atomic E-state index is 0.0121. The van der Waals surface area contributed by atoms with Crippen LogP contribution in [0.2, 0.25) is 0 Å². The highest BCUT2D eigenvalue weighted by Crippen LogP contribution is 2.21. The zero-order valence-corrected chi connectivity index (χ0v) is 19.4. The predicted octanol–water partition coefficient (Wildman–Crippen LogP) is 2.64. The smallest absolute Gasteiger partial charge is 0.257 e. The molecule has 0 spiro atoms. The van der Waals surface area contributed by atoms with E-state index in [1.807, 2.05) is 30.3 Å². The average molecular weight is 452 g/mol. The molecule has 3 heterocycles. The molecule has 0 radical (unpaired) electrons. The van der Waals surface area contributed by atoms with Crippen molar-refractivity contribution < 1.29 is 14.3 Å². The molecule has 2 amide bonds. The van der Waals surface area contributed by atoms with Gasteiger partial charge in [-0.05, 0) is 69.6 Å². The number of anilines is 2. The maximum Gasteiger partial charge on any atom is 0.257 e. The van der Waals surface area contributed by atoms with Gasteiger partial charge in [0, 0.05) is 37.4 Å². The number of pyridine rings is 1. The van der Waals surface area contributed by atoms with Crippen molar-refractivity contribution in [3.63, 3.8) is 0 Å². The number of morpholine rings is 1. The Morgan fingerprint density at radius 1 is 1.12 bits per heavy atom. The standard InChI is InChI=1S/C25H33N5O3/c1-17-14-30(15-18(2)33-17)23-7-6-21(13-27-23)25(32)28-22-5-3-4-19(12-22)16-29-10-8-20(9-11-29)24(26)31/h3-7,12-13,17-18,20H,8-11,14-16H2,1-2H3,(H2,26,31)(H,28,32)/t17-,18+. The van der Waals surface area contributed by atoms with E-state index in [9.17, 15) is 9.59 Å². The van der Waals surface area contributed by atoms with Gasteiger partial charge in [0.25, 0.3) is 5.91 Å². The van der Waals surface area contributed by atoms with Gasteiger partial charge in [0.15, 0.2) is 0 Å². The third kappa shape index (κ3) is 6.09. The Labute approximate surface area is 195 Å². The van der Waals surface area contributed by atoms with Crippen LogP contribution in [0.15, 0.2) is 42.6 Å². The zero-order valence-electron chi connectivity index (χ0n) is 19.4. The maximum atomic E-state index is 12.8. The number of aromatic nitrogens is 1. The highest BCUT2D eigenvalue weighted by Gasteiger charge is 2.24. The molecule has 176 valence electrons. The Morgan fingerprint density at radius 2 is 1.85 bits per heavy atom. The van der Waals surface area contributed by atoms with Crippen molar-refractivity contribution in [3.05, 3.63) is 53.7 Å². The number of amides is 2. The van der Waals surface area contributed by atoms with Gasteiger partial charge in [-0.2, -0.15) is 0 Å². The van der Waals surface area contributed by atoms with Crippen LogP contribution in [0, 0.1) is 5.92 Å². The molecular weight excluding hydrogens is 418 g/mol. The number of nitrogens with zero attached hydrogens (tertiary/aromatic N) is 3. The molecule has 0 unspecified atom stereocenters. The van der Waals surface area contributed by atoms with Crippen molar-refractivity contribution in [3.8, 4) is 0 Å². The van der Waals surface area contributed by atoms with E-state index in [2.05, 4.69) is 40.0 Å². The first-order valence-corrected chi connectivity index (χ1v) is 11.7. The van der Waals surface area contributed by atoms with Gasteiger partial charge in [-0.15, -0.1) is 0 Å². The average Bonchev–Trinajstić information content (AvgIpc) is 2.79. The normalized spacial score (nSPS) is 22.2. The number of carbonyl (C=O) groups is 2. The van der Waals surface area contributed by atoms with Crippen molar-refractivity contribution >= 4 is 23.3 Å². The molecule has 0 bridgehead atoms. The van der Waals surface area contributed by atoms with E-state index < -0.39 is 0 Å². The molecular formula is C25H33N5O3. The molecule has 2 aliphatic rings. The molecule has 33 heavy (non-hydrogen) atoms. The molecule has 4 rings (SSSR count). The summed E-state index contributed by atoms with van der Waals surface area (Å²) in [4.78, 5) is 33.2. The van der Waals surface area contributed by atoms with Crippen molar-refractivity contribution in [2.75, 3.05) is 36.4 Å². The number of primary amides is 1. The number of piperidine rings is 1. The first-order chi connectivity index (χ1) is 15.9. The number of hydrogen-bond donors (Lipinski definition) is 2. The first kappa shape index (κ1) is 23.2. The molecule has 2 fully saturated rings. The lowest BCUT2D eigenvalue weighted by Gasteiger charge is -2.36. The Kier molecular flexibility index (Phi) is 7.25. The summed E-state index contributed by atoms with van der Waals surface area (Å²) < 4.78 is 5.78. The molecule has 1 aromatic heterocycles. The number of rotatable bonds is 6. The van der Waals surface area contributed by atoms with Gasteiger partial charge in [0.05, 0.1) is 17.8 Å². The van der Waals surface area contributed by atoms with Gasteiger partial charge in [-0.25, -0.2) is 4.98 Å². The lowest BCUT2D eigenvalue weighted by molar-refractivity contribution is -0.123.